The third-order valence-corrected chi connectivity index (χ3v) is 7.84. The molecular formula is C38H70O5. The molecule has 0 amide bonds. The number of carbonyl (C=O) groups is 2. The number of hydrogen-bond acceptors (Lipinski definition) is 5. The fraction of sp³-hybridized carbons (Fsp3) is 0.842. The maximum absolute atomic E-state index is 12.2. The SMILES string of the molecule is CCCCC/C=C\C/C=C\CCCCCCCOC(COC(C)=O)COC(=O)CCCCCCCCCCCCCCC. The topological polar surface area (TPSA) is 61.8 Å². The van der Waals surface area contributed by atoms with E-state index in [1.807, 2.05) is 0 Å². The Bertz CT molecular complexity index is 657. The average molecular weight is 607 g/mol. The zero-order chi connectivity index (χ0) is 31.5. The summed E-state index contributed by atoms with van der Waals surface area (Å²) in [5, 5.41) is 0. The Balaban J connectivity index is 3.76. The van der Waals surface area contributed by atoms with Crippen molar-refractivity contribution in [2.75, 3.05) is 19.8 Å². The molecule has 1 atom stereocenters. The number of esters is 2. The normalized spacial score (nSPS) is 12.3. The van der Waals surface area contributed by atoms with Crippen molar-refractivity contribution >= 4 is 11.9 Å². The van der Waals surface area contributed by atoms with Gasteiger partial charge in [0.15, 0.2) is 0 Å². The zero-order valence-corrected chi connectivity index (χ0v) is 28.7. The minimum absolute atomic E-state index is 0.127. The lowest BCUT2D eigenvalue weighted by Gasteiger charge is -2.18. The Hall–Kier alpha value is -1.62. The largest absolute Gasteiger partial charge is 0.463 e. The molecule has 0 radical (unpaired) electrons. The number of carbonyl (C=O) groups excluding carboxylic acids is 2. The number of hydrogen-bond donors (Lipinski definition) is 0. The van der Waals surface area contributed by atoms with Crippen molar-refractivity contribution in [3.05, 3.63) is 24.3 Å². The van der Waals surface area contributed by atoms with E-state index in [0.29, 0.717) is 13.0 Å². The van der Waals surface area contributed by atoms with E-state index in [0.717, 1.165) is 38.5 Å². The molecule has 0 aliphatic heterocycles. The van der Waals surface area contributed by atoms with Crippen LogP contribution in [0.1, 0.15) is 181 Å². The summed E-state index contributed by atoms with van der Waals surface area (Å²) >= 11 is 0. The Morgan fingerprint density at radius 3 is 1.53 bits per heavy atom. The highest BCUT2D eigenvalue weighted by Crippen LogP contribution is 2.13. The predicted molar refractivity (Wildman–Crippen MR) is 182 cm³/mol. The third-order valence-electron chi connectivity index (χ3n) is 7.84. The second-order valence-electron chi connectivity index (χ2n) is 12.2. The van der Waals surface area contributed by atoms with Gasteiger partial charge in [0, 0.05) is 20.0 Å². The van der Waals surface area contributed by atoms with Crippen molar-refractivity contribution in [1.82, 2.24) is 0 Å². The number of ether oxygens (including phenoxy) is 3. The van der Waals surface area contributed by atoms with Gasteiger partial charge in [-0.2, -0.15) is 0 Å². The average Bonchev–Trinajstić information content (AvgIpc) is 3.00. The van der Waals surface area contributed by atoms with Gasteiger partial charge in [-0.1, -0.05) is 147 Å². The molecule has 0 aromatic heterocycles. The molecular weight excluding hydrogens is 536 g/mol. The first-order chi connectivity index (χ1) is 21.1. The second kappa shape index (κ2) is 34.9. The van der Waals surface area contributed by atoms with Crippen molar-refractivity contribution in [3.8, 4) is 0 Å². The van der Waals surface area contributed by atoms with E-state index in [-0.39, 0.29) is 25.2 Å². The van der Waals surface area contributed by atoms with E-state index < -0.39 is 6.10 Å². The monoisotopic (exact) mass is 607 g/mol. The lowest BCUT2D eigenvalue weighted by atomic mass is 10.0. The van der Waals surface area contributed by atoms with Crippen LogP contribution in [-0.2, 0) is 23.8 Å². The second-order valence-corrected chi connectivity index (χ2v) is 12.2. The van der Waals surface area contributed by atoms with Gasteiger partial charge in [0.05, 0.1) is 0 Å². The van der Waals surface area contributed by atoms with Crippen LogP contribution in [-0.4, -0.2) is 37.9 Å². The summed E-state index contributed by atoms with van der Waals surface area (Å²) in [5.41, 5.74) is 0. The summed E-state index contributed by atoms with van der Waals surface area (Å²) in [6, 6.07) is 0. The fourth-order valence-corrected chi connectivity index (χ4v) is 5.06. The molecule has 0 rings (SSSR count). The molecule has 0 spiro atoms. The maximum Gasteiger partial charge on any atom is 0.305 e. The fourth-order valence-electron chi connectivity index (χ4n) is 5.06. The van der Waals surface area contributed by atoms with Crippen molar-refractivity contribution < 1.29 is 23.8 Å². The first kappa shape index (κ1) is 41.4. The van der Waals surface area contributed by atoms with Gasteiger partial charge in [0.2, 0.25) is 0 Å². The molecule has 0 N–H and O–H groups in total. The van der Waals surface area contributed by atoms with E-state index in [9.17, 15) is 9.59 Å². The van der Waals surface area contributed by atoms with E-state index >= 15 is 0 Å². The summed E-state index contributed by atoms with van der Waals surface area (Å²) in [6.07, 6.45) is 39.0. The Kier molecular flexibility index (Phi) is 33.6. The molecule has 252 valence electrons. The van der Waals surface area contributed by atoms with Crippen molar-refractivity contribution in [2.24, 2.45) is 0 Å². The van der Waals surface area contributed by atoms with E-state index in [1.54, 1.807) is 0 Å². The Morgan fingerprint density at radius 1 is 0.535 bits per heavy atom. The highest BCUT2D eigenvalue weighted by atomic mass is 16.6. The highest BCUT2D eigenvalue weighted by Gasteiger charge is 2.14. The van der Waals surface area contributed by atoms with Gasteiger partial charge in [-0.05, 0) is 44.9 Å². The molecule has 0 bridgehead atoms. The molecule has 0 saturated carbocycles. The Morgan fingerprint density at radius 2 is 0.977 bits per heavy atom. The molecule has 0 aliphatic carbocycles. The first-order valence-electron chi connectivity index (χ1n) is 18.3. The van der Waals surface area contributed by atoms with E-state index in [2.05, 4.69) is 38.2 Å². The van der Waals surface area contributed by atoms with Gasteiger partial charge in [-0.15, -0.1) is 0 Å². The molecule has 0 aromatic carbocycles. The standard InChI is InChI=1S/C38H70O5/c1-4-6-8-10-12-14-16-18-19-21-23-25-27-29-31-33-41-37(34-42-36(3)39)35-43-38(40)32-30-28-26-24-22-20-17-15-13-11-9-7-5-2/h12,14,18-19,37H,4-11,13,15-17,20-35H2,1-3H3/b14-12-,19-18-. The molecule has 0 saturated heterocycles. The summed E-state index contributed by atoms with van der Waals surface area (Å²) in [4.78, 5) is 23.5. The molecule has 5 heteroatoms. The molecule has 1 unspecified atom stereocenters. The van der Waals surface area contributed by atoms with Crippen molar-refractivity contribution in [2.45, 2.75) is 187 Å². The quantitative estimate of drug-likeness (QED) is 0.0422. The van der Waals surface area contributed by atoms with Crippen molar-refractivity contribution in [3.63, 3.8) is 0 Å². The van der Waals surface area contributed by atoms with Crippen LogP contribution in [0.5, 0.6) is 0 Å². The van der Waals surface area contributed by atoms with Crippen LogP contribution in [0.3, 0.4) is 0 Å². The van der Waals surface area contributed by atoms with Gasteiger partial charge >= 0.3 is 11.9 Å². The van der Waals surface area contributed by atoms with Crippen molar-refractivity contribution in [1.29, 1.82) is 0 Å². The Labute approximate surface area is 267 Å². The lowest BCUT2D eigenvalue weighted by molar-refractivity contribution is -0.154. The van der Waals surface area contributed by atoms with Crippen LogP contribution in [0.15, 0.2) is 24.3 Å². The van der Waals surface area contributed by atoms with E-state index in [1.165, 1.54) is 122 Å². The molecule has 5 nitrogen and oxygen atoms in total. The van der Waals surface area contributed by atoms with Crippen LogP contribution in [0.25, 0.3) is 0 Å². The van der Waals surface area contributed by atoms with Gasteiger partial charge in [-0.3, -0.25) is 9.59 Å². The molecule has 43 heavy (non-hydrogen) atoms. The minimum Gasteiger partial charge on any atom is -0.463 e. The smallest absolute Gasteiger partial charge is 0.305 e. The van der Waals surface area contributed by atoms with Gasteiger partial charge in [-0.25, -0.2) is 0 Å². The number of rotatable bonds is 33. The summed E-state index contributed by atoms with van der Waals surface area (Å²) in [5.74, 6) is -0.527. The van der Waals surface area contributed by atoms with Crippen LogP contribution >= 0.6 is 0 Å². The van der Waals surface area contributed by atoms with Gasteiger partial charge in [0.1, 0.15) is 19.3 Å². The van der Waals surface area contributed by atoms with Crippen LogP contribution < -0.4 is 0 Å². The van der Waals surface area contributed by atoms with Gasteiger partial charge < -0.3 is 14.2 Å². The van der Waals surface area contributed by atoms with E-state index in [4.69, 9.17) is 14.2 Å². The first-order valence-corrected chi connectivity index (χ1v) is 18.3. The number of allylic oxidation sites excluding steroid dienone is 4. The van der Waals surface area contributed by atoms with Crippen LogP contribution in [0.4, 0.5) is 0 Å². The summed E-state index contributed by atoms with van der Waals surface area (Å²) in [6.45, 7) is 6.76. The highest BCUT2D eigenvalue weighted by molar-refractivity contribution is 5.69. The maximum atomic E-state index is 12.2. The zero-order valence-electron chi connectivity index (χ0n) is 28.7. The lowest BCUT2D eigenvalue weighted by Crippen LogP contribution is -2.28. The molecule has 0 fully saturated rings. The summed E-state index contributed by atoms with van der Waals surface area (Å²) < 4.78 is 16.5. The molecule has 0 aromatic rings. The molecule has 0 heterocycles. The minimum atomic E-state index is -0.398. The predicted octanol–water partition coefficient (Wildman–Crippen LogP) is 11.4. The van der Waals surface area contributed by atoms with Gasteiger partial charge in [0.25, 0.3) is 0 Å². The summed E-state index contributed by atoms with van der Waals surface area (Å²) in [7, 11) is 0. The number of unbranched alkanes of at least 4 members (excludes halogenated alkanes) is 20. The van der Waals surface area contributed by atoms with Crippen LogP contribution in [0, 0.1) is 0 Å². The van der Waals surface area contributed by atoms with Crippen LogP contribution in [0.2, 0.25) is 0 Å². The molecule has 0 aliphatic rings. The third kappa shape index (κ3) is 34.7.